The third-order valence-electron chi connectivity index (χ3n) is 7.19. The molecular weight excluding hydrogens is 472 g/mol. The third-order valence-corrected chi connectivity index (χ3v) is 7.56. The molecule has 5 nitrogen and oxygen atoms in total. The van der Waals surface area contributed by atoms with E-state index in [0.717, 1.165) is 69.4 Å². The minimum absolute atomic E-state index is 0.678. The van der Waals surface area contributed by atoms with Crippen LogP contribution in [0.5, 0.6) is 0 Å². The Balaban J connectivity index is 1.29. The van der Waals surface area contributed by atoms with Gasteiger partial charge in [-0.05, 0) is 60.9 Å². The minimum atomic E-state index is -0.730. The Morgan fingerprint density at radius 1 is 1.00 bits per heavy atom. The number of hydrogen-bond acceptors (Lipinski definition) is 4. The summed E-state index contributed by atoms with van der Waals surface area (Å²) in [6.07, 6.45) is 3.29. The summed E-state index contributed by atoms with van der Waals surface area (Å²) in [5.41, 5.74) is 6.30. The lowest BCUT2D eigenvalue weighted by molar-refractivity contribution is -0.140. The first-order chi connectivity index (χ1) is 17.4. The number of carboxylic acid groups (broad SMARTS) is 1. The molecule has 0 unspecified atom stereocenters. The van der Waals surface area contributed by atoms with Crippen molar-refractivity contribution in [1.82, 2.24) is 5.16 Å². The first-order valence-corrected chi connectivity index (χ1v) is 12.6. The maximum absolute atomic E-state index is 11.6. The number of rotatable bonds is 9. The van der Waals surface area contributed by atoms with Crippen LogP contribution in [0.1, 0.15) is 36.1 Å². The van der Waals surface area contributed by atoms with E-state index in [4.69, 9.17) is 16.1 Å². The zero-order valence-electron chi connectivity index (χ0n) is 20.5. The Hall–Kier alpha value is -3.57. The average molecular weight is 501 g/mol. The van der Waals surface area contributed by atoms with Crippen LogP contribution in [0.25, 0.3) is 22.5 Å². The topological polar surface area (TPSA) is 66.6 Å². The SMILES string of the molecule is Cc1noc(-c2ccc(-c3ccc(C4(C(=O)O)CC4)cc3)cc2)c1N(C)CCCc1ccccc1Cl. The van der Waals surface area contributed by atoms with E-state index in [1.54, 1.807) is 0 Å². The van der Waals surface area contributed by atoms with Gasteiger partial charge in [0.05, 0.1) is 5.41 Å². The van der Waals surface area contributed by atoms with Crippen LogP contribution in [0.15, 0.2) is 77.3 Å². The van der Waals surface area contributed by atoms with E-state index in [9.17, 15) is 9.90 Å². The van der Waals surface area contributed by atoms with E-state index >= 15 is 0 Å². The van der Waals surface area contributed by atoms with E-state index in [2.05, 4.69) is 35.3 Å². The molecule has 3 aromatic carbocycles. The normalized spacial score (nSPS) is 14.0. The monoisotopic (exact) mass is 500 g/mol. The van der Waals surface area contributed by atoms with Crippen molar-refractivity contribution in [2.75, 3.05) is 18.5 Å². The first kappa shape index (κ1) is 24.1. The van der Waals surface area contributed by atoms with Crippen LogP contribution < -0.4 is 4.90 Å². The van der Waals surface area contributed by atoms with Gasteiger partial charge in [-0.3, -0.25) is 4.79 Å². The Kier molecular flexibility index (Phi) is 6.59. The number of carbonyl (C=O) groups is 1. The Labute approximate surface area is 216 Å². The first-order valence-electron chi connectivity index (χ1n) is 12.2. The van der Waals surface area contributed by atoms with Gasteiger partial charge in [0.25, 0.3) is 0 Å². The highest BCUT2D eigenvalue weighted by Gasteiger charge is 2.51. The van der Waals surface area contributed by atoms with E-state index in [1.165, 1.54) is 0 Å². The number of aryl methyl sites for hydroxylation is 2. The summed E-state index contributed by atoms with van der Waals surface area (Å²) < 4.78 is 5.75. The molecule has 0 amide bonds. The lowest BCUT2D eigenvalue weighted by Gasteiger charge is -2.19. The van der Waals surface area contributed by atoms with Crippen LogP contribution in [0.3, 0.4) is 0 Å². The third kappa shape index (κ3) is 4.63. The summed E-state index contributed by atoms with van der Waals surface area (Å²) in [7, 11) is 2.06. The van der Waals surface area contributed by atoms with Crippen LogP contribution in [0.2, 0.25) is 5.02 Å². The number of hydrogen-bond donors (Lipinski definition) is 1. The zero-order valence-corrected chi connectivity index (χ0v) is 21.3. The summed E-state index contributed by atoms with van der Waals surface area (Å²) in [5, 5.41) is 14.6. The maximum Gasteiger partial charge on any atom is 0.314 e. The molecule has 1 aliphatic rings. The summed E-state index contributed by atoms with van der Waals surface area (Å²) in [4.78, 5) is 13.8. The van der Waals surface area contributed by atoms with Crippen LogP contribution >= 0.6 is 11.6 Å². The Morgan fingerprint density at radius 2 is 1.61 bits per heavy atom. The molecule has 6 heteroatoms. The fourth-order valence-electron chi connectivity index (χ4n) is 4.87. The molecule has 1 aromatic heterocycles. The molecule has 4 aromatic rings. The van der Waals surface area contributed by atoms with Crippen LogP contribution in [-0.2, 0) is 16.6 Å². The van der Waals surface area contributed by atoms with Gasteiger partial charge in [0, 0.05) is 24.2 Å². The standard InChI is InChI=1S/C30H29ClN2O3/c1-20-27(33(2)19-5-7-23-6-3-4-8-26(23)31)28(36-32-20)24-11-9-21(10-12-24)22-13-15-25(16-14-22)30(17-18-30)29(34)35/h3-4,6,8-16H,5,7,17-19H2,1-2H3,(H,34,35). The lowest BCUT2D eigenvalue weighted by Crippen LogP contribution is -2.20. The van der Waals surface area contributed by atoms with Crippen molar-refractivity contribution in [3.05, 3.63) is 94.6 Å². The molecule has 1 aliphatic carbocycles. The van der Waals surface area contributed by atoms with E-state index < -0.39 is 11.4 Å². The van der Waals surface area contributed by atoms with Crippen LogP contribution in [-0.4, -0.2) is 29.8 Å². The Bertz CT molecular complexity index is 1370. The van der Waals surface area contributed by atoms with Crippen molar-refractivity contribution in [1.29, 1.82) is 0 Å². The smallest absolute Gasteiger partial charge is 0.314 e. The second-order valence-electron chi connectivity index (χ2n) is 9.60. The molecule has 0 bridgehead atoms. The number of aromatic nitrogens is 1. The van der Waals surface area contributed by atoms with Gasteiger partial charge in [0.2, 0.25) is 0 Å². The Morgan fingerprint density at radius 3 is 2.22 bits per heavy atom. The fraction of sp³-hybridized carbons (Fsp3) is 0.267. The molecule has 1 N–H and O–H groups in total. The summed E-state index contributed by atoms with van der Waals surface area (Å²) in [6, 6.07) is 24.1. The number of benzene rings is 3. The summed E-state index contributed by atoms with van der Waals surface area (Å²) in [6.45, 7) is 2.81. The van der Waals surface area contributed by atoms with Gasteiger partial charge in [0.15, 0.2) is 5.76 Å². The molecule has 36 heavy (non-hydrogen) atoms. The van der Waals surface area contributed by atoms with Crippen molar-refractivity contribution in [3.8, 4) is 22.5 Å². The van der Waals surface area contributed by atoms with Crippen LogP contribution in [0, 0.1) is 6.92 Å². The van der Waals surface area contributed by atoms with Gasteiger partial charge in [-0.15, -0.1) is 0 Å². The molecule has 0 atom stereocenters. The van der Waals surface area contributed by atoms with Gasteiger partial charge < -0.3 is 14.5 Å². The number of nitrogens with zero attached hydrogens (tertiary/aromatic N) is 2. The highest BCUT2D eigenvalue weighted by atomic mass is 35.5. The van der Waals surface area contributed by atoms with Crippen LogP contribution in [0.4, 0.5) is 5.69 Å². The minimum Gasteiger partial charge on any atom is -0.481 e. The molecule has 0 spiro atoms. The molecule has 1 heterocycles. The van der Waals surface area contributed by atoms with Gasteiger partial charge in [0.1, 0.15) is 11.4 Å². The van der Waals surface area contributed by atoms with Gasteiger partial charge in [-0.25, -0.2) is 0 Å². The number of aliphatic carboxylic acids is 1. The molecular formula is C30H29ClN2O3. The highest BCUT2D eigenvalue weighted by Crippen LogP contribution is 2.48. The van der Waals surface area contributed by atoms with Crippen molar-refractivity contribution < 1.29 is 14.4 Å². The van der Waals surface area contributed by atoms with Crippen molar-refractivity contribution in [2.24, 2.45) is 0 Å². The lowest BCUT2D eigenvalue weighted by atomic mass is 9.93. The fourth-order valence-corrected chi connectivity index (χ4v) is 5.10. The molecule has 0 saturated heterocycles. The second-order valence-corrected chi connectivity index (χ2v) is 10.0. The molecule has 184 valence electrons. The number of anilines is 1. The van der Waals surface area contributed by atoms with Crippen molar-refractivity contribution >= 4 is 23.3 Å². The largest absolute Gasteiger partial charge is 0.481 e. The molecule has 0 radical (unpaired) electrons. The average Bonchev–Trinajstić information content (AvgIpc) is 3.62. The molecule has 1 saturated carbocycles. The van der Waals surface area contributed by atoms with Gasteiger partial charge in [-0.1, -0.05) is 83.5 Å². The molecule has 5 rings (SSSR count). The van der Waals surface area contributed by atoms with Gasteiger partial charge in [-0.2, -0.15) is 0 Å². The van der Waals surface area contributed by atoms with Gasteiger partial charge >= 0.3 is 5.97 Å². The van der Waals surface area contributed by atoms with E-state index in [1.807, 2.05) is 61.5 Å². The highest BCUT2D eigenvalue weighted by molar-refractivity contribution is 6.31. The predicted octanol–water partition coefficient (Wildman–Crippen LogP) is 7.16. The van der Waals surface area contributed by atoms with E-state index in [0.29, 0.717) is 12.8 Å². The quantitative estimate of drug-likeness (QED) is 0.264. The van der Waals surface area contributed by atoms with Crippen molar-refractivity contribution in [3.63, 3.8) is 0 Å². The number of halogens is 1. The second kappa shape index (κ2) is 9.82. The van der Waals surface area contributed by atoms with Crippen molar-refractivity contribution in [2.45, 2.75) is 38.0 Å². The molecule has 0 aliphatic heterocycles. The maximum atomic E-state index is 11.6. The zero-order chi connectivity index (χ0) is 25.3. The predicted molar refractivity (Wildman–Crippen MR) is 144 cm³/mol. The van der Waals surface area contributed by atoms with E-state index in [-0.39, 0.29) is 0 Å². The summed E-state index contributed by atoms with van der Waals surface area (Å²) >= 11 is 6.31. The summed E-state index contributed by atoms with van der Waals surface area (Å²) in [5.74, 6) is 0.0263. The molecule has 1 fully saturated rings. The number of carboxylic acids is 1.